The largest absolute Gasteiger partial charge is 0.474 e. The summed E-state index contributed by atoms with van der Waals surface area (Å²) < 4.78 is 26.5. The van der Waals surface area contributed by atoms with Gasteiger partial charge in [-0.05, 0) is 17.5 Å². The van der Waals surface area contributed by atoms with Crippen molar-refractivity contribution in [3.63, 3.8) is 0 Å². The van der Waals surface area contributed by atoms with E-state index < -0.39 is 31.6 Å². The summed E-state index contributed by atoms with van der Waals surface area (Å²) in [6.07, 6.45) is -1.68. The van der Waals surface area contributed by atoms with Crippen LogP contribution in [0.4, 0.5) is 0 Å². The van der Waals surface area contributed by atoms with Crippen LogP contribution in [-0.4, -0.2) is 48.3 Å². The summed E-state index contributed by atoms with van der Waals surface area (Å²) in [5.74, 6) is 2.49. The fourth-order valence-electron chi connectivity index (χ4n) is 1.98. The highest BCUT2D eigenvalue weighted by Crippen LogP contribution is 2.61. The molecule has 2 heterocycles. The summed E-state index contributed by atoms with van der Waals surface area (Å²) >= 11 is 5.31. The van der Waals surface area contributed by atoms with E-state index in [9.17, 15) is 9.46 Å². The highest BCUT2D eigenvalue weighted by atomic mass is 35.5. The topological polar surface area (TPSA) is 85.2 Å². The smallest absolute Gasteiger partial charge is 0.394 e. The fourth-order valence-corrected chi connectivity index (χ4v) is 3.43. The molecule has 5 atom stereocenters. The second kappa shape index (κ2) is 4.00. The molecule has 0 aromatic heterocycles. The molecule has 6 nitrogen and oxygen atoms in total. The number of hydrogen-bond donors (Lipinski definition) is 2. The van der Waals surface area contributed by atoms with Gasteiger partial charge in [0.25, 0.3) is 0 Å². The van der Waals surface area contributed by atoms with Crippen LogP contribution in [0.3, 0.4) is 0 Å². The van der Waals surface area contributed by atoms with Crippen molar-refractivity contribution in [1.29, 1.82) is 0 Å². The van der Waals surface area contributed by atoms with Crippen molar-refractivity contribution in [3.8, 4) is 11.3 Å². The average Bonchev–Trinajstić information content (AvgIpc) is 2.58. The molecular weight excluding hydrogens is 257 g/mol. The highest BCUT2D eigenvalue weighted by Gasteiger charge is 2.65. The van der Waals surface area contributed by atoms with E-state index in [1.165, 1.54) is 0 Å². The minimum Gasteiger partial charge on any atom is -0.394 e. The number of phosphoric acid groups is 1. The van der Waals surface area contributed by atoms with E-state index in [1.54, 1.807) is 7.85 Å². The zero-order valence-corrected chi connectivity index (χ0v) is 9.94. The SMILES string of the molecule is B[C@@H]1O[C@H](CO)C2OP(=O)(O)OC21C#CCl. The molecule has 2 saturated heterocycles. The van der Waals surface area contributed by atoms with Crippen LogP contribution in [-0.2, 0) is 18.3 Å². The number of fused-ring (bicyclic) bond motifs is 1. The zero-order valence-electron chi connectivity index (χ0n) is 8.29. The molecule has 2 N–H and O–H groups in total. The molecule has 0 aromatic carbocycles. The summed E-state index contributed by atoms with van der Waals surface area (Å²) in [5, 5.41) is 11.2. The third kappa shape index (κ3) is 1.71. The number of rotatable bonds is 1. The molecule has 0 aromatic rings. The maximum atomic E-state index is 11.4. The Hall–Kier alpha value is -0.0551. The van der Waals surface area contributed by atoms with Gasteiger partial charge in [-0.3, -0.25) is 9.05 Å². The van der Waals surface area contributed by atoms with Crippen LogP contribution >= 0.6 is 19.4 Å². The first-order chi connectivity index (χ1) is 7.45. The Morgan fingerprint density at radius 1 is 1.62 bits per heavy atom. The monoisotopic (exact) mass is 266 g/mol. The summed E-state index contributed by atoms with van der Waals surface area (Å²) in [6.45, 7) is -0.357. The van der Waals surface area contributed by atoms with Crippen LogP contribution < -0.4 is 0 Å². The van der Waals surface area contributed by atoms with E-state index in [4.69, 9.17) is 30.5 Å². The fraction of sp³-hybridized carbons (Fsp3) is 0.714. The zero-order chi connectivity index (χ0) is 12.0. The molecule has 0 saturated carbocycles. The molecule has 0 amide bonds. The van der Waals surface area contributed by atoms with E-state index in [2.05, 4.69) is 11.3 Å². The lowest BCUT2D eigenvalue weighted by molar-refractivity contribution is -0.00473. The Kier molecular flexibility index (Phi) is 3.10. The minimum absolute atomic E-state index is 0.357. The standard InChI is InChI=1S/C7H9BClO6P/c8-6-7(1-2-9)5(4(3-10)13-6)14-16(11,12)15-7/h4-6,10H,3,8H2,(H,11,12)/t4-,5?,6-,7?/m1/s1. The highest BCUT2D eigenvalue weighted by molar-refractivity contribution is 7.47. The second-order valence-corrected chi connectivity index (χ2v) is 5.12. The summed E-state index contributed by atoms with van der Waals surface area (Å²) in [4.78, 5) is 9.29. The predicted molar refractivity (Wildman–Crippen MR) is 56.4 cm³/mol. The lowest BCUT2D eigenvalue weighted by Crippen LogP contribution is -2.45. The lowest BCUT2D eigenvalue weighted by Gasteiger charge is -2.21. The second-order valence-electron chi connectivity index (χ2n) is 3.60. The summed E-state index contributed by atoms with van der Waals surface area (Å²) in [7, 11) is -2.55. The van der Waals surface area contributed by atoms with Gasteiger partial charge < -0.3 is 14.7 Å². The molecule has 0 radical (unpaired) electrons. The van der Waals surface area contributed by atoms with Gasteiger partial charge in [0.1, 0.15) is 20.1 Å². The van der Waals surface area contributed by atoms with Gasteiger partial charge in [0.05, 0.1) is 12.6 Å². The van der Waals surface area contributed by atoms with Gasteiger partial charge in [-0.1, -0.05) is 0 Å². The van der Waals surface area contributed by atoms with Crippen molar-refractivity contribution in [2.45, 2.75) is 23.8 Å². The molecule has 2 aliphatic heterocycles. The van der Waals surface area contributed by atoms with Crippen molar-refractivity contribution < 1.29 is 28.3 Å². The van der Waals surface area contributed by atoms with Crippen LogP contribution in [0.5, 0.6) is 0 Å². The van der Waals surface area contributed by atoms with Crippen LogP contribution in [0, 0.1) is 11.3 Å². The number of halogens is 1. The number of aliphatic hydroxyl groups excluding tert-OH is 1. The van der Waals surface area contributed by atoms with Gasteiger partial charge in [0.15, 0.2) is 5.60 Å². The number of hydrogen-bond acceptors (Lipinski definition) is 5. The normalized spacial score (nSPS) is 50.8. The first-order valence-corrected chi connectivity index (χ1v) is 6.43. The van der Waals surface area contributed by atoms with Gasteiger partial charge >= 0.3 is 7.82 Å². The maximum Gasteiger partial charge on any atom is 0.474 e. The molecule has 2 aliphatic rings. The van der Waals surface area contributed by atoms with Gasteiger partial charge in [0, 0.05) is 5.38 Å². The van der Waals surface area contributed by atoms with Crippen molar-refractivity contribution >= 4 is 27.3 Å². The Balaban J connectivity index is 2.42. The van der Waals surface area contributed by atoms with Crippen molar-refractivity contribution in [3.05, 3.63) is 0 Å². The quantitative estimate of drug-likeness (QED) is 0.352. The maximum absolute atomic E-state index is 11.4. The van der Waals surface area contributed by atoms with E-state index in [-0.39, 0.29) is 6.61 Å². The van der Waals surface area contributed by atoms with Crippen LogP contribution in [0.2, 0.25) is 0 Å². The predicted octanol–water partition coefficient (Wildman–Crippen LogP) is -1.21. The first-order valence-electron chi connectivity index (χ1n) is 4.56. The lowest BCUT2D eigenvalue weighted by atomic mass is 9.81. The number of phosphoric ester groups is 1. The molecule has 2 fully saturated rings. The van der Waals surface area contributed by atoms with Gasteiger partial charge in [-0.15, -0.1) is 0 Å². The summed E-state index contributed by atoms with van der Waals surface area (Å²) in [6, 6.07) is -0.621. The Labute approximate surface area is 97.9 Å². The van der Waals surface area contributed by atoms with Crippen molar-refractivity contribution in [2.75, 3.05) is 6.61 Å². The molecule has 0 bridgehead atoms. The van der Waals surface area contributed by atoms with Crippen molar-refractivity contribution in [2.24, 2.45) is 0 Å². The molecule has 0 aliphatic carbocycles. The first kappa shape index (κ1) is 12.4. The Morgan fingerprint density at radius 2 is 2.31 bits per heavy atom. The summed E-state index contributed by atoms with van der Waals surface area (Å²) in [5.41, 5.74) is -1.39. The molecular formula is C7H9BClO6P. The number of ether oxygens (including phenoxy) is 1. The van der Waals surface area contributed by atoms with Crippen molar-refractivity contribution in [1.82, 2.24) is 0 Å². The molecule has 9 heteroatoms. The van der Waals surface area contributed by atoms with Crippen LogP contribution in [0.25, 0.3) is 0 Å². The Morgan fingerprint density at radius 3 is 2.88 bits per heavy atom. The molecule has 16 heavy (non-hydrogen) atoms. The third-order valence-electron chi connectivity index (χ3n) is 2.68. The third-order valence-corrected chi connectivity index (χ3v) is 3.80. The van der Waals surface area contributed by atoms with E-state index in [0.29, 0.717) is 0 Å². The van der Waals surface area contributed by atoms with E-state index in [0.717, 1.165) is 0 Å². The van der Waals surface area contributed by atoms with Crippen LogP contribution in [0.15, 0.2) is 0 Å². The van der Waals surface area contributed by atoms with Gasteiger partial charge in [0.2, 0.25) is 0 Å². The van der Waals surface area contributed by atoms with E-state index in [1.807, 2.05) is 0 Å². The average molecular weight is 266 g/mol. The minimum atomic E-state index is -4.16. The molecule has 0 spiro atoms. The Bertz CT molecular complexity index is 407. The number of aliphatic hydroxyl groups is 1. The molecule has 3 unspecified atom stereocenters. The molecule has 2 rings (SSSR count). The van der Waals surface area contributed by atoms with Gasteiger partial charge in [-0.2, -0.15) is 0 Å². The van der Waals surface area contributed by atoms with Gasteiger partial charge in [-0.25, -0.2) is 4.57 Å². The van der Waals surface area contributed by atoms with Crippen LogP contribution in [0.1, 0.15) is 0 Å². The molecule has 88 valence electrons. The van der Waals surface area contributed by atoms with E-state index >= 15 is 0 Å².